The van der Waals surface area contributed by atoms with Crippen molar-refractivity contribution in [3.8, 4) is 0 Å². The van der Waals surface area contributed by atoms with Gasteiger partial charge in [-0.3, -0.25) is 0 Å². The number of rotatable bonds is 4. The molecule has 0 fully saturated rings. The second kappa shape index (κ2) is 5.55. The van der Waals surface area contributed by atoms with Gasteiger partial charge in [-0.2, -0.15) is 4.31 Å². The molecule has 0 amide bonds. The van der Waals surface area contributed by atoms with Gasteiger partial charge in [0.2, 0.25) is 10.0 Å². The summed E-state index contributed by atoms with van der Waals surface area (Å²) in [5.74, 6) is -0.293. The molecule has 1 aromatic heterocycles. The summed E-state index contributed by atoms with van der Waals surface area (Å²) in [7, 11) is -2.42. The van der Waals surface area contributed by atoms with E-state index in [-0.39, 0.29) is 17.1 Å². The zero-order valence-corrected chi connectivity index (χ0v) is 12.9. The number of sulfonamides is 1. The fourth-order valence-electron chi connectivity index (χ4n) is 1.59. The molecule has 0 bridgehead atoms. The van der Waals surface area contributed by atoms with Gasteiger partial charge in [-0.05, 0) is 46.3 Å². The van der Waals surface area contributed by atoms with E-state index in [0.29, 0.717) is 10.4 Å². The van der Waals surface area contributed by atoms with E-state index in [1.807, 2.05) is 0 Å². The number of benzene rings is 1. The molecule has 0 radical (unpaired) electrons. The Balaban J connectivity index is 2.27. The summed E-state index contributed by atoms with van der Waals surface area (Å²) in [5, 5.41) is 0. The van der Waals surface area contributed by atoms with Gasteiger partial charge in [0.15, 0.2) is 4.67 Å². The average Bonchev–Trinajstić information content (AvgIpc) is 2.78. The van der Waals surface area contributed by atoms with Crippen molar-refractivity contribution in [2.45, 2.75) is 11.4 Å². The van der Waals surface area contributed by atoms with Gasteiger partial charge in [-0.15, -0.1) is 0 Å². The minimum Gasteiger partial charge on any atom is -0.453 e. The summed E-state index contributed by atoms with van der Waals surface area (Å²) in [6, 6.07) is 6.71. The monoisotopic (exact) mass is 362 g/mol. The van der Waals surface area contributed by atoms with Crippen LogP contribution in [-0.4, -0.2) is 19.8 Å². The molecule has 0 aliphatic rings. The minimum absolute atomic E-state index is 0.0416. The second-order valence-electron chi connectivity index (χ2n) is 4.15. The molecule has 108 valence electrons. The summed E-state index contributed by atoms with van der Waals surface area (Å²) in [5.41, 5.74) is 5.24. The van der Waals surface area contributed by atoms with Crippen LogP contribution in [0, 0.1) is 5.82 Å². The normalized spacial score (nSPS) is 12.0. The molecule has 2 N–H and O–H groups in total. The number of nitrogens with zero attached hydrogens (tertiary/aromatic N) is 1. The van der Waals surface area contributed by atoms with Crippen molar-refractivity contribution in [1.82, 2.24) is 4.31 Å². The van der Waals surface area contributed by atoms with Crippen LogP contribution in [0.4, 0.5) is 10.1 Å². The van der Waals surface area contributed by atoms with Crippen LogP contribution >= 0.6 is 15.9 Å². The molecule has 1 aromatic carbocycles. The van der Waals surface area contributed by atoms with Crippen LogP contribution in [0.2, 0.25) is 0 Å². The average molecular weight is 363 g/mol. The fraction of sp³-hybridized carbons (Fsp3) is 0.167. The van der Waals surface area contributed by atoms with Crippen LogP contribution in [0.15, 0.2) is 44.3 Å². The zero-order valence-electron chi connectivity index (χ0n) is 10.5. The molecule has 0 spiro atoms. The summed E-state index contributed by atoms with van der Waals surface area (Å²) in [6.45, 7) is 0.0416. The Morgan fingerprint density at radius 2 is 2.05 bits per heavy atom. The third-order valence-electron chi connectivity index (χ3n) is 2.69. The van der Waals surface area contributed by atoms with Gasteiger partial charge >= 0.3 is 0 Å². The largest absolute Gasteiger partial charge is 0.453 e. The molecule has 1 heterocycles. The van der Waals surface area contributed by atoms with Gasteiger partial charge in [0, 0.05) is 7.05 Å². The molecule has 0 aliphatic carbocycles. The number of anilines is 1. The lowest BCUT2D eigenvalue weighted by atomic mass is 10.3. The van der Waals surface area contributed by atoms with Crippen molar-refractivity contribution in [2.24, 2.45) is 0 Å². The molecule has 20 heavy (non-hydrogen) atoms. The predicted octanol–water partition coefficient (Wildman–Crippen LogP) is 2.58. The van der Waals surface area contributed by atoms with Gasteiger partial charge in [0.25, 0.3) is 0 Å². The molecule has 8 heteroatoms. The van der Waals surface area contributed by atoms with Crippen molar-refractivity contribution in [3.05, 3.63) is 46.6 Å². The summed E-state index contributed by atoms with van der Waals surface area (Å²) < 4.78 is 44.7. The highest BCUT2D eigenvalue weighted by atomic mass is 79.9. The van der Waals surface area contributed by atoms with Crippen molar-refractivity contribution in [2.75, 3.05) is 12.8 Å². The van der Waals surface area contributed by atoms with E-state index in [0.717, 1.165) is 10.4 Å². The van der Waals surface area contributed by atoms with Crippen LogP contribution < -0.4 is 5.73 Å². The van der Waals surface area contributed by atoms with Crippen molar-refractivity contribution >= 4 is 31.6 Å². The first-order valence-corrected chi connectivity index (χ1v) is 7.79. The van der Waals surface area contributed by atoms with Crippen LogP contribution in [0.1, 0.15) is 5.76 Å². The number of nitrogens with two attached hydrogens (primary N) is 1. The van der Waals surface area contributed by atoms with E-state index in [4.69, 9.17) is 10.2 Å². The Kier molecular flexibility index (Phi) is 4.17. The third kappa shape index (κ3) is 3.02. The Hall–Kier alpha value is -1.38. The van der Waals surface area contributed by atoms with E-state index in [2.05, 4.69) is 15.9 Å². The Morgan fingerprint density at radius 1 is 1.35 bits per heavy atom. The fourth-order valence-corrected chi connectivity index (χ4v) is 3.08. The topological polar surface area (TPSA) is 76.5 Å². The van der Waals surface area contributed by atoms with Crippen LogP contribution in [0.5, 0.6) is 0 Å². The zero-order chi connectivity index (χ0) is 14.9. The SMILES string of the molecule is CN(Cc1ccc(Br)o1)S(=O)(=O)c1ccc(N)c(F)c1. The van der Waals surface area contributed by atoms with Gasteiger partial charge in [-0.1, -0.05) is 0 Å². The van der Waals surface area contributed by atoms with E-state index < -0.39 is 15.8 Å². The lowest BCUT2D eigenvalue weighted by Crippen LogP contribution is -2.26. The quantitative estimate of drug-likeness (QED) is 0.848. The Morgan fingerprint density at radius 3 is 2.60 bits per heavy atom. The molecule has 2 rings (SSSR count). The molecule has 0 atom stereocenters. The van der Waals surface area contributed by atoms with Crippen molar-refractivity contribution in [1.29, 1.82) is 0 Å². The van der Waals surface area contributed by atoms with E-state index >= 15 is 0 Å². The number of nitrogen functional groups attached to an aromatic ring is 1. The molecule has 5 nitrogen and oxygen atoms in total. The Labute approximate surface area is 124 Å². The molecular weight excluding hydrogens is 351 g/mol. The highest BCUT2D eigenvalue weighted by molar-refractivity contribution is 9.10. The highest BCUT2D eigenvalue weighted by Gasteiger charge is 2.23. The van der Waals surface area contributed by atoms with Crippen LogP contribution in [-0.2, 0) is 16.6 Å². The first kappa shape index (κ1) is 15.0. The van der Waals surface area contributed by atoms with Gasteiger partial charge in [0.1, 0.15) is 11.6 Å². The first-order chi connectivity index (χ1) is 9.30. The third-order valence-corrected chi connectivity index (χ3v) is 4.91. The molecular formula is C12H12BrFN2O3S. The van der Waals surface area contributed by atoms with Crippen LogP contribution in [0.25, 0.3) is 0 Å². The number of furan rings is 1. The molecule has 2 aromatic rings. The minimum atomic E-state index is -3.80. The Bertz CT molecular complexity index is 730. The standard InChI is InChI=1S/C12H12BrFN2O3S/c1-16(7-8-2-5-12(13)19-8)20(17,18)9-3-4-11(15)10(14)6-9/h2-6H,7,15H2,1H3. The second-order valence-corrected chi connectivity index (χ2v) is 6.98. The predicted molar refractivity (Wildman–Crippen MR) is 75.9 cm³/mol. The maximum absolute atomic E-state index is 13.4. The smallest absolute Gasteiger partial charge is 0.243 e. The van der Waals surface area contributed by atoms with Gasteiger partial charge in [0.05, 0.1) is 17.1 Å². The summed E-state index contributed by atoms with van der Waals surface area (Å²) in [4.78, 5) is -0.155. The van der Waals surface area contributed by atoms with Gasteiger partial charge < -0.3 is 10.2 Å². The van der Waals surface area contributed by atoms with Crippen molar-refractivity contribution in [3.63, 3.8) is 0 Å². The van der Waals surface area contributed by atoms with E-state index in [1.165, 1.54) is 19.2 Å². The molecule has 0 unspecified atom stereocenters. The van der Waals surface area contributed by atoms with E-state index in [1.54, 1.807) is 12.1 Å². The number of hydrogen-bond acceptors (Lipinski definition) is 4. The molecule has 0 saturated carbocycles. The number of hydrogen-bond donors (Lipinski definition) is 1. The first-order valence-electron chi connectivity index (χ1n) is 5.56. The molecule has 0 saturated heterocycles. The highest BCUT2D eigenvalue weighted by Crippen LogP contribution is 2.22. The summed E-state index contributed by atoms with van der Waals surface area (Å²) in [6.07, 6.45) is 0. The van der Waals surface area contributed by atoms with Gasteiger partial charge in [-0.25, -0.2) is 12.8 Å². The lowest BCUT2D eigenvalue weighted by Gasteiger charge is -2.16. The summed E-state index contributed by atoms with van der Waals surface area (Å²) >= 11 is 3.14. The van der Waals surface area contributed by atoms with Crippen molar-refractivity contribution < 1.29 is 17.2 Å². The van der Waals surface area contributed by atoms with E-state index in [9.17, 15) is 12.8 Å². The molecule has 0 aliphatic heterocycles. The lowest BCUT2D eigenvalue weighted by molar-refractivity contribution is 0.398. The van der Waals surface area contributed by atoms with Crippen LogP contribution in [0.3, 0.4) is 0 Å². The maximum Gasteiger partial charge on any atom is 0.243 e. The maximum atomic E-state index is 13.4. The number of halogens is 2.